The molecule has 1 fully saturated rings. The largest absolute Gasteiger partial charge is 0.390 e. The molecule has 0 aliphatic heterocycles. The topological polar surface area (TPSA) is 81.8 Å². The maximum Gasteiger partial charge on any atom is 0.189 e. The molecule has 2 N–H and O–H groups in total. The summed E-state index contributed by atoms with van der Waals surface area (Å²) in [6, 6.07) is 2.37. The van der Waals surface area contributed by atoms with Crippen LogP contribution in [0.1, 0.15) is 38.2 Å². The van der Waals surface area contributed by atoms with Crippen LogP contribution in [-0.4, -0.2) is 33.0 Å². The first-order chi connectivity index (χ1) is 9.04. The maximum atomic E-state index is 9.93. The Morgan fingerprint density at radius 2 is 2.21 bits per heavy atom. The molecule has 1 aliphatic carbocycles. The van der Waals surface area contributed by atoms with E-state index in [1.165, 1.54) is 11.8 Å². The first-order valence-electron chi connectivity index (χ1n) is 6.34. The van der Waals surface area contributed by atoms with Crippen LogP contribution in [0.5, 0.6) is 0 Å². The fraction of sp³-hybridized carbons (Fsp3) is 0.615. The third-order valence-corrected chi connectivity index (χ3v) is 4.04. The lowest BCUT2D eigenvalue weighted by Crippen LogP contribution is -2.36. The number of anilines is 1. The molecule has 6 heteroatoms. The second-order valence-corrected chi connectivity index (χ2v) is 5.92. The third-order valence-electron chi connectivity index (χ3n) is 3.47. The number of nitriles is 1. The van der Waals surface area contributed by atoms with Gasteiger partial charge in [-0.05, 0) is 38.9 Å². The first kappa shape index (κ1) is 14.1. The number of rotatable bonds is 3. The molecule has 0 amide bonds. The van der Waals surface area contributed by atoms with E-state index in [4.69, 9.17) is 5.26 Å². The summed E-state index contributed by atoms with van der Waals surface area (Å²) in [5.41, 5.74) is -0.0815. The van der Waals surface area contributed by atoms with E-state index < -0.39 is 5.60 Å². The molecule has 0 spiro atoms. The van der Waals surface area contributed by atoms with E-state index in [1.807, 2.05) is 13.2 Å². The van der Waals surface area contributed by atoms with Gasteiger partial charge in [0.25, 0.3) is 0 Å². The Morgan fingerprint density at radius 1 is 1.53 bits per heavy atom. The molecule has 1 heterocycles. The van der Waals surface area contributed by atoms with Crippen LogP contribution in [0.2, 0.25) is 0 Å². The highest BCUT2D eigenvalue weighted by atomic mass is 32.2. The van der Waals surface area contributed by atoms with Crippen molar-refractivity contribution in [2.75, 3.05) is 11.6 Å². The standard InChI is InChI=1S/C13H18N4OS/c1-13(18)5-3-10(4-6-13)16-11-9(7-14)8-15-12(17-11)19-2/h8,10,18H,3-6H2,1-2H3,(H,15,16,17). The molecule has 1 aromatic rings. The van der Waals surface area contributed by atoms with Crippen molar-refractivity contribution in [2.24, 2.45) is 0 Å². The Kier molecular flexibility index (Phi) is 4.27. The summed E-state index contributed by atoms with van der Waals surface area (Å²) in [5.74, 6) is 0.605. The van der Waals surface area contributed by atoms with Crippen molar-refractivity contribution < 1.29 is 5.11 Å². The molecule has 0 radical (unpaired) electrons. The van der Waals surface area contributed by atoms with Gasteiger partial charge in [0, 0.05) is 6.04 Å². The van der Waals surface area contributed by atoms with Gasteiger partial charge in [0.2, 0.25) is 0 Å². The number of thioether (sulfide) groups is 1. The zero-order chi connectivity index (χ0) is 13.9. The van der Waals surface area contributed by atoms with Gasteiger partial charge in [-0.1, -0.05) is 11.8 Å². The summed E-state index contributed by atoms with van der Waals surface area (Å²) >= 11 is 1.45. The summed E-state index contributed by atoms with van der Waals surface area (Å²) in [6.45, 7) is 1.88. The van der Waals surface area contributed by atoms with Crippen molar-refractivity contribution >= 4 is 17.6 Å². The molecule has 102 valence electrons. The highest BCUT2D eigenvalue weighted by molar-refractivity contribution is 7.98. The minimum atomic E-state index is -0.549. The number of hydrogen-bond acceptors (Lipinski definition) is 6. The Hall–Kier alpha value is -1.32. The second kappa shape index (κ2) is 5.76. The minimum absolute atomic E-state index is 0.261. The summed E-state index contributed by atoms with van der Waals surface area (Å²) < 4.78 is 0. The van der Waals surface area contributed by atoms with Crippen molar-refractivity contribution in [1.82, 2.24) is 9.97 Å². The van der Waals surface area contributed by atoms with Gasteiger partial charge in [0.05, 0.1) is 11.8 Å². The minimum Gasteiger partial charge on any atom is -0.390 e. The fourth-order valence-electron chi connectivity index (χ4n) is 2.23. The predicted molar refractivity (Wildman–Crippen MR) is 75.0 cm³/mol. The molecule has 0 bridgehead atoms. The SMILES string of the molecule is CSc1ncc(C#N)c(NC2CCC(C)(O)CC2)n1. The van der Waals surface area contributed by atoms with Gasteiger partial charge in [-0.15, -0.1) is 0 Å². The molecule has 0 atom stereocenters. The first-order valence-corrected chi connectivity index (χ1v) is 7.56. The zero-order valence-electron chi connectivity index (χ0n) is 11.2. The molecule has 2 rings (SSSR count). The van der Waals surface area contributed by atoms with Gasteiger partial charge in [-0.2, -0.15) is 5.26 Å². The monoisotopic (exact) mass is 278 g/mol. The van der Waals surface area contributed by atoms with Crippen LogP contribution in [0, 0.1) is 11.3 Å². The van der Waals surface area contributed by atoms with Gasteiger partial charge in [-0.25, -0.2) is 9.97 Å². The second-order valence-electron chi connectivity index (χ2n) is 5.15. The number of aliphatic hydroxyl groups is 1. The Bertz CT molecular complexity index is 488. The highest BCUT2D eigenvalue weighted by Gasteiger charge is 2.29. The van der Waals surface area contributed by atoms with E-state index in [0.29, 0.717) is 16.5 Å². The molecular formula is C13H18N4OS. The summed E-state index contributed by atoms with van der Waals surface area (Å²) in [6.07, 6.45) is 6.77. The smallest absolute Gasteiger partial charge is 0.189 e. The van der Waals surface area contributed by atoms with E-state index in [1.54, 1.807) is 6.20 Å². The van der Waals surface area contributed by atoms with Crippen molar-refractivity contribution in [3.05, 3.63) is 11.8 Å². The average molecular weight is 278 g/mol. The average Bonchev–Trinajstić information content (AvgIpc) is 2.41. The summed E-state index contributed by atoms with van der Waals surface area (Å²) in [5, 5.41) is 23.0. The van der Waals surface area contributed by atoms with Crippen LogP contribution >= 0.6 is 11.8 Å². The lowest BCUT2D eigenvalue weighted by Gasteiger charge is -2.33. The third kappa shape index (κ3) is 3.58. The number of aromatic nitrogens is 2. The lowest BCUT2D eigenvalue weighted by atomic mass is 9.83. The highest BCUT2D eigenvalue weighted by Crippen LogP contribution is 2.29. The normalized spacial score (nSPS) is 26.7. The Labute approximate surface area is 117 Å². The van der Waals surface area contributed by atoms with Crippen LogP contribution in [0.25, 0.3) is 0 Å². The fourth-order valence-corrected chi connectivity index (χ4v) is 2.57. The van der Waals surface area contributed by atoms with Crippen molar-refractivity contribution in [3.8, 4) is 6.07 Å². The van der Waals surface area contributed by atoms with E-state index in [9.17, 15) is 5.11 Å². The molecule has 0 unspecified atom stereocenters. The van der Waals surface area contributed by atoms with Gasteiger partial charge in [-0.3, -0.25) is 0 Å². The van der Waals surface area contributed by atoms with Crippen LogP contribution in [0.3, 0.4) is 0 Å². The molecule has 1 aromatic heterocycles. The van der Waals surface area contributed by atoms with Crippen molar-refractivity contribution in [3.63, 3.8) is 0 Å². The zero-order valence-corrected chi connectivity index (χ0v) is 12.0. The number of nitrogens with one attached hydrogen (secondary N) is 1. The van der Waals surface area contributed by atoms with Crippen LogP contribution < -0.4 is 5.32 Å². The van der Waals surface area contributed by atoms with Crippen LogP contribution in [-0.2, 0) is 0 Å². The van der Waals surface area contributed by atoms with Gasteiger partial charge < -0.3 is 10.4 Å². The van der Waals surface area contributed by atoms with Gasteiger partial charge in [0.15, 0.2) is 5.16 Å². The quantitative estimate of drug-likeness (QED) is 0.651. The van der Waals surface area contributed by atoms with Crippen molar-refractivity contribution in [2.45, 2.75) is 49.4 Å². The Balaban J connectivity index is 2.09. The van der Waals surface area contributed by atoms with Gasteiger partial charge in [0.1, 0.15) is 17.5 Å². The molecule has 1 saturated carbocycles. The van der Waals surface area contributed by atoms with Gasteiger partial charge >= 0.3 is 0 Å². The molecule has 5 nitrogen and oxygen atoms in total. The van der Waals surface area contributed by atoms with E-state index in [0.717, 1.165) is 25.7 Å². The molecule has 19 heavy (non-hydrogen) atoms. The predicted octanol–water partition coefficient (Wildman–Crippen LogP) is 2.18. The number of hydrogen-bond donors (Lipinski definition) is 2. The van der Waals surface area contributed by atoms with Crippen LogP contribution in [0.15, 0.2) is 11.4 Å². The van der Waals surface area contributed by atoms with Crippen molar-refractivity contribution in [1.29, 1.82) is 5.26 Å². The van der Waals surface area contributed by atoms with E-state index >= 15 is 0 Å². The maximum absolute atomic E-state index is 9.93. The Morgan fingerprint density at radius 3 is 2.79 bits per heavy atom. The summed E-state index contributed by atoms with van der Waals surface area (Å²) in [7, 11) is 0. The molecule has 0 saturated heterocycles. The molecule has 1 aliphatic rings. The lowest BCUT2D eigenvalue weighted by molar-refractivity contribution is 0.0196. The van der Waals surface area contributed by atoms with E-state index in [2.05, 4.69) is 21.4 Å². The number of nitrogens with zero attached hydrogens (tertiary/aromatic N) is 3. The van der Waals surface area contributed by atoms with Crippen LogP contribution in [0.4, 0.5) is 5.82 Å². The molecular weight excluding hydrogens is 260 g/mol. The molecule has 0 aromatic carbocycles. The summed E-state index contributed by atoms with van der Waals surface area (Å²) in [4.78, 5) is 8.44. The van der Waals surface area contributed by atoms with E-state index in [-0.39, 0.29) is 6.04 Å².